The van der Waals surface area contributed by atoms with Crippen LogP contribution in [0.4, 0.5) is 0 Å². The normalized spacial score (nSPS) is 15.6. The van der Waals surface area contributed by atoms with Crippen LogP contribution in [0.25, 0.3) is 0 Å². The van der Waals surface area contributed by atoms with Crippen LogP contribution in [0.5, 0.6) is 5.75 Å². The first-order valence-electron chi connectivity index (χ1n) is 10.2. The van der Waals surface area contributed by atoms with Crippen LogP contribution in [0.2, 0.25) is 0 Å². The molecule has 7 nitrogen and oxygen atoms in total. The maximum Gasteiger partial charge on any atom is 0.274 e. The Hall–Kier alpha value is -3.06. The highest BCUT2D eigenvalue weighted by atomic mass is 16.5. The van der Waals surface area contributed by atoms with Crippen LogP contribution in [0.15, 0.2) is 47.1 Å². The van der Waals surface area contributed by atoms with E-state index in [9.17, 15) is 4.79 Å². The van der Waals surface area contributed by atoms with E-state index >= 15 is 0 Å². The van der Waals surface area contributed by atoms with Crippen molar-refractivity contribution in [2.75, 3.05) is 14.2 Å². The minimum atomic E-state index is -0.0753. The third-order valence-corrected chi connectivity index (χ3v) is 5.75. The molecule has 1 unspecified atom stereocenters. The summed E-state index contributed by atoms with van der Waals surface area (Å²) in [5.74, 6) is 1.57. The van der Waals surface area contributed by atoms with Gasteiger partial charge < -0.3 is 19.4 Å². The number of hydrogen-bond acceptors (Lipinski definition) is 5. The monoisotopic (exact) mass is 408 g/mol. The number of nitrogens with one attached hydrogen (secondary N) is 1. The number of fused-ring (bicyclic) bond motifs is 1. The van der Waals surface area contributed by atoms with Crippen LogP contribution in [-0.4, -0.2) is 40.8 Å². The molecule has 3 aromatic rings. The van der Waals surface area contributed by atoms with Crippen molar-refractivity contribution in [3.8, 4) is 5.75 Å². The average Bonchev–Trinajstić information content (AvgIpc) is 3.39. The van der Waals surface area contributed by atoms with E-state index in [2.05, 4.69) is 16.5 Å². The molecule has 1 aliphatic carbocycles. The molecular formula is C23H28N4O3. The number of carbonyl (C=O) groups is 1. The number of aromatic nitrogens is 2. The van der Waals surface area contributed by atoms with Crippen molar-refractivity contribution >= 4 is 5.91 Å². The number of nitrogens with zero attached hydrogens (tertiary/aromatic N) is 3. The van der Waals surface area contributed by atoms with Gasteiger partial charge in [0.15, 0.2) is 5.69 Å². The predicted octanol–water partition coefficient (Wildman–Crippen LogP) is 2.94. The summed E-state index contributed by atoms with van der Waals surface area (Å²) in [6.45, 7) is 1.15. The van der Waals surface area contributed by atoms with Crippen LogP contribution in [0.1, 0.15) is 39.5 Å². The van der Waals surface area contributed by atoms with E-state index < -0.39 is 0 Å². The van der Waals surface area contributed by atoms with Gasteiger partial charge in [0.25, 0.3) is 5.91 Å². The van der Waals surface area contributed by atoms with E-state index in [-0.39, 0.29) is 11.9 Å². The van der Waals surface area contributed by atoms with Crippen molar-refractivity contribution in [3.05, 3.63) is 70.9 Å². The quantitative estimate of drug-likeness (QED) is 0.651. The SMILES string of the molecule is COc1ccccc1CNC1CCc2c(c(C(=O)N(C)Cc3ccco3)nn2C)C1. The number of carbonyl (C=O) groups excluding carboxylic acids is 1. The third-order valence-electron chi connectivity index (χ3n) is 5.75. The molecular weight excluding hydrogens is 380 g/mol. The van der Waals surface area contributed by atoms with Crippen LogP contribution < -0.4 is 10.1 Å². The second kappa shape index (κ2) is 8.75. The molecule has 0 fully saturated rings. The minimum Gasteiger partial charge on any atom is -0.496 e. The molecule has 0 saturated heterocycles. The van der Waals surface area contributed by atoms with Gasteiger partial charge in [-0.1, -0.05) is 18.2 Å². The number of furan rings is 1. The number of benzene rings is 1. The fraction of sp³-hybridized carbons (Fsp3) is 0.391. The molecule has 0 aliphatic heterocycles. The number of aryl methyl sites for hydroxylation is 1. The zero-order valence-electron chi connectivity index (χ0n) is 17.7. The number of rotatable bonds is 7. The zero-order valence-corrected chi connectivity index (χ0v) is 17.7. The second-order valence-corrected chi connectivity index (χ2v) is 7.77. The summed E-state index contributed by atoms with van der Waals surface area (Å²) >= 11 is 0. The number of methoxy groups -OCH3 is 1. The highest BCUT2D eigenvalue weighted by molar-refractivity contribution is 5.94. The molecule has 0 radical (unpaired) electrons. The lowest BCUT2D eigenvalue weighted by Crippen LogP contribution is -2.35. The molecule has 2 heterocycles. The number of ether oxygens (including phenoxy) is 1. The molecule has 158 valence electrons. The fourth-order valence-electron chi connectivity index (χ4n) is 4.13. The van der Waals surface area contributed by atoms with Crippen molar-refractivity contribution in [1.82, 2.24) is 20.0 Å². The molecule has 0 spiro atoms. The van der Waals surface area contributed by atoms with Gasteiger partial charge in [0.1, 0.15) is 11.5 Å². The molecule has 1 atom stereocenters. The molecule has 1 amide bonds. The number of amides is 1. The van der Waals surface area contributed by atoms with Gasteiger partial charge in [0.2, 0.25) is 0 Å². The van der Waals surface area contributed by atoms with E-state index in [4.69, 9.17) is 9.15 Å². The molecule has 1 aromatic carbocycles. The van der Waals surface area contributed by atoms with Gasteiger partial charge in [-0.2, -0.15) is 5.10 Å². The highest BCUT2D eigenvalue weighted by Gasteiger charge is 2.29. The lowest BCUT2D eigenvalue weighted by atomic mass is 9.91. The summed E-state index contributed by atoms with van der Waals surface area (Å²) in [6, 6.07) is 12.0. The Morgan fingerprint density at radius 3 is 2.93 bits per heavy atom. The first-order valence-corrected chi connectivity index (χ1v) is 10.2. The summed E-state index contributed by atoms with van der Waals surface area (Å²) in [4.78, 5) is 14.8. The topological polar surface area (TPSA) is 72.5 Å². The summed E-state index contributed by atoms with van der Waals surface area (Å²) in [5.41, 5.74) is 3.88. The molecule has 0 bridgehead atoms. The highest BCUT2D eigenvalue weighted by Crippen LogP contribution is 2.26. The van der Waals surface area contributed by atoms with Crippen molar-refractivity contribution in [1.29, 1.82) is 0 Å². The third kappa shape index (κ3) is 4.11. The smallest absolute Gasteiger partial charge is 0.274 e. The number of para-hydroxylation sites is 1. The van der Waals surface area contributed by atoms with Gasteiger partial charge in [0, 0.05) is 43.5 Å². The van der Waals surface area contributed by atoms with Crippen LogP contribution in [-0.2, 0) is 33.0 Å². The summed E-state index contributed by atoms with van der Waals surface area (Å²) in [5, 5.41) is 8.21. The van der Waals surface area contributed by atoms with Crippen molar-refractivity contribution in [2.45, 2.75) is 38.4 Å². The van der Waals surface area contributed by atoms with Crippen molar-refractivity contribution in [2.24, 2.45) is 7.05 Å². The van der Waals surface area contributed by atoms with Gasteiger partial charge in [-0.25, -0.2) is 0 Å². The largest absolute Gasteiger partial charge is 0.496 e. The molecule has 4 rings (SSSR count). The standard InChI is InChI=1S/C23H28N4O3/c1-26(15-18-8-6-12-30-18)23(28)22-19-13-17(10-11-20(19)27(2)25-22)24-14-16-7-4-5-9-21(16)29-3/h4-9,12,17,24H,10-11,13-15H2,1-3H3. The first kappa shape index (κ1) is 20.2. The molecule has 2 aromatic heterocycles. The van der Waals surface area contributed by atoms with Crippen molar-refractivity contribution in [3.63, 3.8) is 0 Å². The predicted molar refractivity (Wildman–Crippen MR) is 113 cm³/mol. The van der Waals surface area contributed by atoms with Crippen LogP contribution >= 0.6 is 0 Å². The van der Waals surface area contributed by atoms with E-state index in [0.29, 0.717) is 12.2 Å². The summed E-state index contributed by atoms with van der Waals surface area (Å²) in [7, 11) is 5.40. The maximum atomic E-state index is 13.1. The summed E-state index contributed by atoms with van der Waals surface area (Å²) < 4.78 is 12.7. The Morgan fingerprint density at radius 1 is 1.33 bits per heavy atom. The lowest BCUT2D eigenvalue weighted by Gasteiger charge is -2.25. The second-order valence-electron chi connectivity index (χ2n) is 7.77. The van der Waals surface area contributed by atoms with Gasteiger partial charge in [-0.3, -0.25) is 9.48 Å². The van der Waals surface area contributed by atoms with Gasteiger partial charge in [0.05, 0.1) is 19.9 Å². The Bertz CT molecular complexity index is 1010. The van der Waals surface area contributed by atoms with Crippen molar-refractivity contribution < 1.29 is 13.9 Å². The van der Waals surface area contributed by atoms with Gasteiger partial charge in [-0.15, -0.1) is 0 Å². The fourth-order valence-corrected chi connectivity index (χ4v) is 4.13. The van der Waals surface area contributed by atoms with E-state index in [1.807, 2.05) is 42.1 Å². The minimum absolute atomic E-state index is 0.0753. The van der Waals surface area contributed by atoms with E-state index in [1.54, 1.807) is 25.3 Å². The van der Waals surface area contributed by atoms with Gasteiger partial charge in [-0.05, 0) is 37.5 Å². The van der Waals surface area contributed by atoms with E-state index in [0.717, 1.165) is 54.1 Å². The number of hydrogen-bond donors (Lipinski definition) is 1. The average molecular weight is 409 g/mol. The van der Waals surface area contributed by atoms with E-state index in [1.165, 1.54) is 0 Å². The zero-order chi connectivity index (χ0) is 21.1. The first-order chi connectivity index (χ1) is 14.6. The summed E-state index contributed by atoms with van der Waals surface area (Å²) in [6.07, 6.45) is 4.32. The molecule has 1 N–H and O–H groups in total. The van der Waals surface area contributed by atoms with Crippen LogP contribution in [0.3, 0.4) is 0 Å². The molecule has 30 heavy (non-hydrogen) atoms. The Morgan fingerprint density at radius 2 is 2.17 bits per heavy atom. The Kier molecular flexibility index (Phi) is 5.90. The molecule has 0 saturated carbocycles. The van der Waals surface area contributed by atoms with Crippen LogP contribution in [0, 0.1) is 0 Å². The lowest BCUT2D eigenvalue weighted by molar-refractivity contribution is 0.0767. The molecule has 7 heteroatoms. The Labute approximate surface area is 176 Å². The molecule has 1 aliphatic rings. The van der Waals surface area contributed by atoms with Gasteiger partial charge >= 0.3 is 0 Å². The maximum absolute atomic E-state index is 13.1. The Balaban J connectivity index is 1.47.